The van der Waals surface area contributed by atoms with Crippen LogP contribution in [0.2, 0.25) is 0 Å². The molecule has 2 unspecified atom stereocenters. The quantitative estimate of drug-likeness (QED) is 0.736. The van der Waals surface area contributed by atoms with E-state index in [1.54, 1.807) is 0 Å². The van der Waals surface area contributed by atoms with Gasteiger partial charge in [0.25, 0.3) is 0 Å². The van der Waals surface area contributed by atoms with E-state index in [2.05, 4.69) is 46.5 Å². The van der Waals surface area contributed by atoms with Gasteiger partial charge in [-0.25, -0.2) is 0 Å². The molecule has 0 radical (unpaired) electrons. The van der Waals surface area contributed by atoms with Crippen LogP contribution < -0.4 is 0 Å². The molecule has 4 heteroatoms. The summed E-state index contributed by atoms with van der Waals surface area (Å²) in [6.45, 7) is 13.5. The van der Waals surface area contributed by atoms with E-state index in [4.69, 9.17) is 4.74 Å². The van der Waals surface area contributed by atoms with Crippen LogP contribution in [0.1, 0.15) is 33.6 Å². The summed E-state index contributed by atoms with van der Waals surface area (Å²) in [7, 11) is 0. The zero-order valence-corrected chi connectivity index (χ0v) is 14.2. The van der Waals surface area contributed by atoms with Crippen LogP contribution in [0.4, 0.5) is 0 Å². The van der Waals surface area contributed by atoms with Gasteiger partial charge in [-0.15, -0.1) is 0 Å². The fourth-order valence-corrected chi connectivity index (χ4v) is 3.73. The summed E-state index contributed by atoms with van der Waals surface area (Å²) in [6, 6.07) is 0.645. The monoisotopic (exact) mass is 332 g/mol. The van der Waals surface area contributed by atoms with Crippen LogP contribution in [-0.4, -0.2) is 66.1 Å². The van der Waals surface area contributed by atoms with E-state index >= 15 is 0 Å². The van der Waals surface area contributed by atoms with E-state index in [0.717, 1.165) is 32.2 Å². The van der Waals surface area contributed by atoms with Crippen molar-refractivity contribution in [1.29, 1.82) is 0 Å². The molecule has 0 aromatic heterocycles. The highest BCUT2D eigenvalue weighted by atomic mass is 79.9. The summed E-state index contributed by atoms with van der Waals surface area (Å²) in [5.41, 5.74) is 0. The third-order valence-corrected chi connectivity index (χ3v) is 5.39. The lowest BCUT2D eigenvalue weighted by Crippen LogP contribution is -2.50. The molecule has 0 bridgehead atoms. The highest BCUT2D eigenvalue weighted by molar-refractivity contribution is 9.09. The highest BCUT2D eigenvalue weighted by Crippen LogP contribution is 2.25. The van der Waals surface area contributed by atoms with E-state index < -0.39 is 0 Å². The molecule has 3 nitrogen and oxygen atoms in total. The number of piperidine rings is 1. The highest BCUT2D eigenvalue weighted by Gasteiger charge is 2.27. The van der Waals surface area contributed by atoms with Crippen molar-refractivity contribution in [3.05, 3.63) is 0 Å². The molecule has 2 saturated heterocycles. The molecule has 19 heavy (non-hydrogen) atoms. The van der Waals surface area contributed by atoms with Gasteiger partial charge in [-0.2, -0.15) is 0 Å². The first-order chi connectivity index (χ1) is 9.06. The number of nitrogens with zero attached hydrogens (tertiary/aromatic N) is 2. The smallest absolute Gasteiger partial charge is 0.0829 e. The number of likely N-dealkylation sites (tertiary alicyclic amines) is 1. The summed E-state index contributed by atoms with van der Waals surface area (Å²) >= 11 is 3.73. The van der Waals surface area contributed by atoms with Crippen molar-refractivity contribution in [2.45, 2.75) is 50.6 Å². The van der Waals surface area contributed by atoms with Gasteiger partial charge in [-0.1, -0.05) is 22.9 Å². The molecule has 0 saturated carbocycles. The third-order valence-electron chi connectivity index (χ3n) is 4.64. The van der Waals surface area contributed by atoms with E-state index in [1.807, 2.05) is 0 Å². The molecule has 2 heterocycles. The number of halogens is 1. The van der Waals surface area contributed by atoms with Crippen LogP contribution in [0.15, 0.2) is 0 Å². The molecule has 2 rings (SSSR count). The molecule has 0 aromatic carbocycles. The predicted octanol–water partition coefficient (Wildman–Crippen LogP) is 2.59. The Kier molecular flexibility index (Phi) is 6.12. The molecule has 2 atom stereocenters. The molecule has 112 valence electrons. The Bertz CT molecular complexity index is 265. The van der Waals surface area contributed by atoms with E-state index in [0.29, 0.717) is 17.0 Å². The first-order valence-electron chi connectivity index (χ1n) is 7.78. The van der Waals surface area contributed by atoms with Gasteiger partial charge in [0.15, 0.2) is 0 Å². The molecule has 0 N–H and O–H groups in total. The van der Waals surface area contributed by atoms with Gasteiger partial charge < -0.3 is 9.64 Å². The normalized spacial score (nSPS) is 29.8. The number of rotatable bonds is 4. The summed E-state index contributed by atoms with van der Waals surface area (Å²) in [5, 5.41) is 0. The first kappa shape index (κ1) is 15.7. The fraction of sp³-hybridized carbons (Fsp3) is 1.00. The van der Waals surface area contributed by atoms with Crippen molar-refractivity contribution in [2.24, 2.45) is 5.92 Å². The molecule has 0 aliphatic carbocycles. The average Bonchev–Trinajstić information content (AvgIpc) is 2.39. The lowest BCUT2D eigenvalue weighted by Gasteiger charge is -2.39. The molecule has 0 amide bonds. The van der Waals surface area contributed by atoms with Crippen molar-refractivity contribution in [3.8, 4) is 0 Å². The van der Waals surface area contributed by atoms with Crippen LogP contribution in [0.25, 0.3) is 0 Å². The zero-order chi connectivity index (χ0) is 13.8. The molecular weight excluding hydrogens is 304 g/mol. The second-order valence-corrected chi connectivity index (χ2v) is 7.84. The molecular formula is C15H29BrN2O. The predicted molar refractivity (Wildman–Crippen MR) is 84.0 cm³/mol. The molecule has 0 spiro atoms. The number of hydrogen-bond acceptors (Lipinski definition) is 3. The van der Waals surface area contributed by atoms with E-state index in [9.17, 15) is 0 Å². The maximum atomic E-state index is 5.94. The van der Waals surface area contributed by atoms with Crippen molar-refractivity contribution in [3.63, 3.8) is 0 Å². The minimum absolute atomic E-state index is 0.411. The Hall–Kier alpha value is 0.360. The van der Waals surface area contributed by atoms with Crippen LogP contribution in [0.5, 0.6) is 0 Å². The SMILES string of the molecule is CC(Br)C1CCN(CC2CN(C(C)C)CCO2)CC1. The number of alkyl halides is 1. The van der Waals surface area contributed by atoms with Crippen molar-refractivity contribution in [2.75, 3.05) is 39.3 Å². The molecule has 2 aliphatic rings. The Labute approximate surface area is 126 Å². The third kappa shape index (κ3) is 4.69. The summed E-state index contributed by atoms with van der Waals surface area (Å²) < 4.78 is 5.94. The largest absolute Gasteiger partial charge is 0.374 e. The summed E-state index contributed by atoms with van der Waals surface area (Å²) in [6.07, 6.45) is 3.06. The van der Waals surface area contributed by atoms with Crippen molar-refractivity contribution in [1.82, 2.24) is 9.80 Å². The lowest BCUT2D eigenvalue weighted by molar-refractivity contribution is -0.0550. The van der Waals surface area contributed by atoms with Crippen molar-refractivity contribution < 1.29 is 4.74 Å². The second-order valence-electron chi connectivity index (χ2n) is 6.40. The standard InChI is InChI=1S/C15H29BrN2O/c1-12(2)18-8-9-19-15(11-18)10-17-6-4-14(5-7-17)13(3)16/h12-15H,4-11H2,1-3H3. The van der Waals surface area contributed by atoms with Gasteiger partial charge in [-0.3, -0.25) is 4.90 Å². The maximum absolute atomic E-state index is 5.94. The first-order valence-corrected chi connectivity index (χ1v) is 8.70. The van der Waals surface area contributed by atoms with Crippen LogP contribution in [0, 0.1) is 5.92 Å². The molecule has 2 fully saturated rings. The number of ether oxygens (including phenoxy) is 1. The fourth-order valence-electron chi connectivity index (χ4n) is 3.20. The Morgan fingerprint density at radius 2 is 1.84 bits per heavy atom. The Morgan fingerprint density at radius 3 is 2.42 bits per heavy atom. The van der Waals surface area contributed by atoms with Crippen LogP contribution in [-0.2, 0) is 4.74 Å². The van der Waals surface area contributed by atoms with E-state index in [1.165, 1.54) is 25.9 Å². The topological polar surface area (TPSA) is 15.7 Å². The summed E-state index contributed by atoms with van der Waals surface area (Å²) in [5.74, 6) is 0.857. The number of morpholine rings is 1. The average molecular weight is 333 g/mol. The zero-order valence-electron chi connectivity index (χ0n) is 12.6. The lowest BCUT2D eigenvalue weighted by atomic mass is 9.94. The van der Waals surface area contributed by atoms with Gasteiger partial charge in [0.05, 0.1) is 12.7 Å². The number of hydrogen-bond donors (Lipinski definition) is 0. The van der Waals surface area contributed by atoms with E-state index in [-0.39, 0.29) is 0 Å². The Morgan fingerprint density at radius 1 is 1.16 bits per heavy atom. The maximum Gasteiger partial charge on any atom is 0.0829 e. The molecule has 0 aromatic rings. The Balaban J connectivity index is 1.73. The second kappa shape index (κ2) is 7.39. The van der Waals surface area contributed by atoms with Gasteiger partial charge in [-0.05, 0) is 45.7 Å². The minimum atomic E-state index is 0.411. The van der Waals surface area contributed by atoms with Gasteiger partial charge >= 0.3 is 0 Å². The van der Waals surface area contributed by atoms with Gasteiger partial charge in [0.2, 0.25) is 0 Å². The van der Waals surface area contributed by atoms with Crippen LogP contribution >= 0.6 is 15.9 Å². The van der Waals surface area contributed by atoms with Gasteiger partial charge in [0.1, 0.15) is 0 Å². The minimum Gasteiger partial charge on any atom is -0.374 e. The van der Waals surface area contributed by atoms with Gasteiger partial charge in [0, 0.05) is 30.5 Å². The van der Waals surface area contributed by atoms with Crippen molar-refractivity contribution >= 4 is 15.9 Å². The molecule has 2 aliphatic heterocycles. The summed E-state index contributed by atoms with van der Waals surface area (Å²) in [4.78, 5) is 5.80. The van der Waals surface area contributed by atoms with Crippen LogP contribution in [0.3, 0.4) is 0 Å².